The third kappa shape index (κ3) is 4.04. The Hall–Kier alpha value is -2.57. The minimum atomic E-state index is -0.550. The predicted octanol–water partition coefficient (Wildman–Crippen LogP) is 1.96. The second-order valence-electron chi connectivity index (χ2n) is 5.84. The molecule has 0 bridgehead atoms. The number of nitrogens with two attached hydrogens (primary N) is 2. The van der Waals surface area contributed by atoms with E-state index in [2.05, 4.69) is 0 Å². The van der Waals surface area contributed by atoms with E-state index in [1.807, 2.05) is 18.2 Å². The zero-order chi connectivity index (χ0) is 16.9. The molecule has 3 rings (SSSR count). The van der Waals surface area contributed by atoms with E-state index >= 15 is 0 Å². The van der Waals surface area contributed by atoms with E-state index in [4.69, 9.17) is 21.0 Å². The molecule has 0 aliphatic carbocycles. The highest BCUT2D eigenvalue weighted by Gasteiger charge is 2.35. The molecule has 1 aliphatic heterocycles. The van der Waals surface area contributed by atoms with Gasteiger partial charge in [0, 0.05) is 18.3 Å². The summed E-state index contributed by atoms with van der Waals surface area (Å²) in [6, 6.07) is 15.4. The minimum absolute atomic E-state index is 0.0513. The van der Waals surface area contributed by atoms with Crippen LogP contribution >= 0.6 is 0 Å². The van der Waals surface area contributed by atoms with E-state index in [0.29, 0.717) is 30.2 Å². The maximum Gasteiger partial charge on any atom is 0.332 e. The molecule has 4 N–H and O–H groups in total. The zero-order valence-corrected chi connectivity index (χ0v) is 13.3. The van der Waals surface area contributed by atoms with Gasteiger partial charge in [0.25, 0.3) is 0 Å². The summed E-state index contributed by atoms with van der Waals surface area (Å²) >= 11 is 0. The first-order valence-corrected chi connectivity index (χ1v) is 7.94. The van der Waals surface area contributed by atoms with Crippen molar-refractivity contribution in [3.63, 3.8) is 0 Å². The summed E-state index contributed by atoms with van der Waals surface area (Å²) in [5.41, 5.74) is 12.4. The van der Waals surface area contributed by atoms with Crippen molar-refractivity contribution in [3.8, 4) is 11.5 Å². The minimum Gasteiger partial charge on any atom is -0.425 e. The van der Waals surface area contributed by atoms with Crippen molar-refractivity contribution in [2.24, 2.45) is 5.73 Å². The second kappa shape index (κ2) is 7.33. The van der Waals surface area contributed by atoms with E-state index in [0.717, 1.165) is 6.42 Å². The molecule has 0 saturated carbocycles. The Kier molecular flexibility index (Phi) is 4.98. The van der Waals surface area contributed by atoms with Gasteiger partial charge in [0.15, 0.2) is 0 Å². The predicted molar refractivity (Wildman–Crippen MR) is 91.3 cm³/mol. The number of piperidine rings is 1. The molecule has 0 amide bonds. The number of ether oxygens (including phenoxy) is 1. The number of para-hydroxylation sites is 1. The molecule has 6 heteroatoms. The molecule has 1 aliphatic rings. The number of hydrogen-bond acceptors (Lipinski definition) is 6. The van der Waals surface area contributed by atoms with Crippen molar-refractivity contribution < 1.29 is 14.4 Å². The van der Waals surface area contributed by atoms with E-state index in [1.165, 1.54) is 0 Å². The monoisotopic (exact) mass is 327 g/mol. The third-order valence-electron chi connectivity index (χ3n) is 3.93. The molecular weight excluding hydrogens is 306 g/mol. The normalized spacial score (nSPS) is 21.2. The van der Waals surface area contributed by atoms with Crippen LogP contribution in [0.15, 0.2) is 54.6 Å². The van der Waals surface area contributed by atoms with Gasteiger partial charge in [-0.2, -0.15) is 0 Å². The molecule has 2 aromatic carbocycles. The molecular formula is C18H21N3O3. The van der Waals surface area contributed by atoms with Gasteiger partial charge in [-0.3, -0.25) is 0 Å². The van der Waals surface area contributed by atoms with Crippen molar-refractivity contribution in [1.82, 2.24) is 5.06 Å². The topological polar surface area (TPSA) is 90.8 Å². The summed E-state index contributed by atoms with van der Waals surface area (Å²) in [4.78, 5) is 18.4. The van der Waals surface area contributed by atoms with Crippen molar-refractivity contribution in [3.05, 3.63) is 54.6 Å². The first-order valence-electron chi connectivity index (χ1n) is 7.94. The second-order valence-corrected chi connectivity index (χ2v) is 5.84. The lowest BCUT2D eigenvalue weighted by Crippen LogP contribution is -2.53. The Morgan fingerprint density at radius 2 is 1.75 bits per heavy atom. The summed E-state index contributed by atoms with van der Waals surface area (Å²) in [6.45, 7) is 0.556. The van der Waals surface area contributed by atoms with Crippen LogP contribution in [0.3, 0.4) is 0 Å². The number of benzene rings is 2. The van der Waals surface area contributed by atoms with Gasteiger partial charge in [-0.1, -0.05) is 18.2 Å². The van der Waals surface area contributed by atoms with Crippen LogP contribution in [0.1, 0.15) is 12.8 Å². The van der Waals surface area contributed by atoms with E-state index < -0.39 is 6.04 Å². The highest BCUT2D eigenvalue weighted by atomic mass is 16.7. The van der Waals surface area contributed by atoms with Crippen LogP contribution in [0, 0.1) is 0 Å². The lowest BCUT2D eigenvalue weighted by atomic mass is 10.00. The number of hydrogen-bond donors (Lipinski definition) is 2. The molecule has 2 atom stereocenters. The van der Waals surface area contributed by atoms with Crippen LogP contribution < -0.4 is 21.0 Å². The van der Waals surface area contributed by atoms with Gasteiger partial charge < -0.3 is 21.0 Å². The number of nitrogens with zero attached hydrogens (tertiary/aromatic N) is 1. The molecule has 126 valence electrons. The van der Waals surface area contributed by atoms with Crippen LogP contribution in [0.4, 0.5) is 5.69 Å². The number of carbonyl (C=O) groups is 1. The fraction of sp³-hybridized carbons (Fsp3) is 0.278. The third-order valence-corrected chi connectivity index (χ3v) is 3.93. The Morgan fingerprint density at radius 3 is 2.46 bits per heavy atom. The number of hydroxylamine groups is 2. The average Bonchev–Trinajstić information content (AvgIpc) is 2.59. The van der Waals surface area contributed by atoms with Gasteiger partial charge in [0.05, 0.1) is 0 Å². The van der Waals surface area contributed by atoms with Gasteiger partial charge >= 0.3 is 5.97 Å². The molecule has 1 heterocycles. The fourth-order valence-corrected chi connectivity index (χ4v) is 2.63. The van der Waals surface area contributed by atoms with Gasteiger partial charge in [-0.15, -0.1) is 5.06 Å². The molecule has 1 fully saturated rings. The Balaban J connectivity index is 1.71. The zero-order valence-electron chi connectivity index (χ0n) is 13.3. The van der Waals surface area contributed by atoms with E-state index in [-0.39, 0.29) is 12.0 Å². The van der Waals surface area contributed by atoms with Crippen LogP contribution in [0.2, 0.25) is 0 Å². The molecule has 0 aromatic heterocycles. The lowest BCUT2D eigenvalue weighted by molar-refractivity contribution is -0.164. The van der Waals surface area contributed by atoms with Gasteiger partial charge in [-0.05, 0) is 49.2 Å². The van der Waals surface area contributed by atoms with Crippen LogP contribution in [0.25, 0.3) is 0 Å². The Labute approximate surface area is 140 Å². The summed E-state index contributed by atoms with van der Waals surface area (Å²) in [5, 5.41) is 1.64. The first kappa shape index (κ1) is 16.3. The molecule has 6 nitrogen and oxygen atoms in total. The highest BCUT2D eigenvalue weighted by Crippen LogP contribution is 2.23. The molecule has 2 unspecified atom stereocenters. The summed E-state index contributed by atoms with van der Waals surface area (Å²) in [6.07, 6.45) is 1.24. The van der Waals surface area contributed by atoms with Crippen molar-refractivity contribution in [2.75, 3.05) is 12.3 Å². The number of nitrogen functional groups attached to an aromatic ring is 1. The molecule has 0 radical (unpaired) electrons. The van der Waals surface area contributed by atoms with Gasteiger partial charge in [0.2, 0.25) is 0 Å². The largest absolute Gasteiger partial charge is 0.425 e. The molecule has 1 saturated heterocycles. The number of esters is 1. The number of rotatable bonds is 4. The Morgan fingerprint density at radius 1 is 1.04 bits per heavy atom. The summed E-state index contributed by atoms with van der Waals surface area (Å²) in [5.74, 6) is 0.762. The standard InChI is InChI=1S/C18H21N3O3/c19-13-6-8-16(9-7-13)24-21-11-10-14(20)12-17(21)18(22)23-15-4-2-1-3-5-15/h1-9,14,17H,10-12,19-20H2. The fourth-order valence-electron chi connectivity index (χ4n) is 2.63. The quantitative estimate of drug-likeness (QED) is 0.507. The van der Waals surface area contributed by atoms with E-state index in [1.54, 1.807) is 41.5 Å². The maximum atomic E-state index is 12.5. The Bertz CT molecular complexity index is 676. The summed E-state index contributed by atoms with van der Waals surface area (Å²) in [7, 11) is 0. The van der Waals surface area contributed by atoms with Crippen molar-refractivity contribution >= 4 is 11.7 Å². The SMILES string of the molecule is Nc1ccc(ON2CCC(N)CC2C(=O)Oc2ccccc2)cc1. The highest BCUT2D eigenvalue weighted by molar-refractivity contribution is 5.78. The first-order chi connectivity index (χ1) is 11.6. The summed E-state index contributed by atoms with van der Waals surface area (Å²) < 4.78 is 5.45. The van der Waals surface area contributed by atoms with Crippen molar-refractivity contribution in [1.29, 1.82) is 0 Å². The van der Waals surface area contributed by atoms with Crippen LogP contribution in [-0.4, -0.2) is 29.7 Å². The smallest absolute Gasteiger partial charge is 0.332 e. The van der Waals surface area contributed by atoms with Crippen LogP contribution in [0.5, 0.6) is 11.5 Å². The van der Waals surface area contributed by atoms with Crippen molar-refractivity contribution in [2.45, 2.75) is 24.9 Å². The molecule has 2 aromatic rings. The van der Waals surface area contributed by atoms with Gasteiger partial charge in [0.1, 0.15) is 17.5 Å². The number of carbonyl (C=O) groups excluding carboxylic acids is 1. The molecule has 0 spiro atoms. The molecule has 24 heavy (non-hydrogen) atoms. The lowest BCUT2D eigenvalue weighted by Gasteiger charge is -2.35. The maximum absolute atomic E-state index is 12.5. The number of anilines is 1. The van der Waals surface area contributed by atoms with Gasteiger partial charge in [-0.25, -0.2) is 4.79 Å². The van der Waals surface area contributed by atoms with E-state index in [9.17, 15) is 4.79 Å². The van der Waals surface area contributed by atoms with Crippen LogP contribution in [-0.2, 0) is 4.79 Å². The average molecular weight is 327 g/mol.